The van der Waals surface area contributed by atoms with E-state index < -0.39 is 0 Å². The SMILES string of the molecule is [NH]c1nc(-c2ccccc2)no1. The highest BCUT2D eigenvalue weighted by Crippen LogP contribution is 2.15. The lowest BCUT2D eigenvalue weighted by atomic mass is 10.2. The van der Waals surface area contributed by atoms with Crippen molar-refractivity contribution in [2.75, 3.05) is 0 Å². The minimum atomic E-state index is -0.158. The van der Waals surface area contributed by atoms with Crippen molar-refractivity contribution in [1.29, 1.82) is 0 Å². The average molecular weight is 160 g/mol. The lowest BCUT2D eigenvalue weighted by Crippen LogP contribution is -1.78. The highest BCUT2D eigenvalue weighted by Gasteiger charge is 2.03. The maximum atomic E-state index is 7.02. The molecule has 2 aromatic rings. The molecular weight excluding hydrogens is 154 g/mol. The maximum absolute atomic E-state index is 7.02. The van der Waals surface area contributed by atoms with Crippen molar-refractivity contribution in [3.05, 3.63) is 30.3 Å². The van der Waals surface area contributed by atoms with Gasteiger partial charge in [0, 0.05) is 5.56 Å². The van der Waals surface area contributed by atoms with E-state index in [0.717, 1.165) is 5.56 Å². The molecular formula is C8H6N3O. The summed E-state index contributed by atoms with van der Waals surface area (Å²) in [4.78, 5) is 3.77. The quantitative estimate of drug-likeness (QED) is 0.637. The summed E-state index contributed by atoms with van der Waals surface area (Å²) in [6.45, 7) is 0. The van der Waals surface area contributed by atoms with E-state index in [0.29, 0.717) is 5.82 Å². The lowest BCUT2D eigenvalue weighted by molar-refractivity contribution is 0.427. The Morgan fingerprint density at radius 1 is 1.17 bits per heavy atom. The Morgan fingerprint density at radius 3 is 2.50 bits per heavy atom. The topological polar surface area (TPSA) is 62.7 Å². The Bertz CT molecular complexity index is 369. The van der Waals surface area contributed by atoms with E-state index in [1.54, 1.807) is 0 Å². The minimum absolute atomic E-state index is 0.158. The van der Waals surface area contributed by atoms with E-state index >= 15 is 0 Å². The van der Waals surface area contributed by atoms with Crippen LogP contribution in [0.4, 0.5) is 6.01 Å². The van der Waals surface area contributed by atoms with Gasteiger partial charge in [0.15, 0.2) is 0 Å². The highest BCUT2D eigenvalue weighted by molar-refractivity contribution is 5.54. The second-order valence-corrected chi connectivity index (χ2v) is 2.29. The summed E-state index contributed by atoms with van der Waals surface area (Å²) < 4.78 is 4.52. The molecule has 0 saturated carbocycles. The predicted molar refractivity (Wildman–Crippen MR) is 42.5 cm³/mol. The summed E-state index contributed by atoms with van der Waals surface area (Å²) in [5.74, 6) is 0.459. The van der Waals surface area contributed by atoms with Crippen LogP contribution in [0.5, 0.6) is 0 Å². The first-order valence-electron chi connectivity index (χ1n) is 3.47. The van der Waals surface area contributed by atoms with Crippen molar-refractivity contribution < 1.29 is 4.52 Å². The fraction of sp³-hybridized carbons (Fsp3) is 0. The smallest absolute Gasteiger partial charge is 0.313 e. The Balaban J connectivity index is 2.45. The first-order valence-corrected chi connectivity index (χ1v) is 3.47. The van der Waals surface area contributed by atoms with Crippen molar-refractivity contribution in [1.82, 2.24) is 15.9 Å². The third-order valence-corrected chi connectivity index (χ3v) is 1.46. The van der Waals surface area contributed by atoms with Gasteiger partial charge in [-0.25, -0.2) is 5.73 Å². The van der Waals surface area contributed by atoms with Gasteiger partial charge in [-0.3, -0.25) is 0 Å². The molecule has 12 heavy (non-hydrogen) atoms. The molecule has 1 radical (unpaired) electrons. The van der Waals surface area contributed by atoms with Crippen LogP contribution in [0.3, 0.4) is 0 Å². The van der Waals surface area contributed by atoms with Gasteiger partial charge in [-0.05, 0) is 0 Å². The van der Waals surface area contributed by atoms with Crippen molar-refractivity contribution in [3.8, 4) is 11.4 Å². The minimum Gasteiger partial charge on any atom is -0.313 e. The lowest BCUT2D eigenvalue weighted by Gasteiger charge is -1.89. The molecule has 4 nitrogen and oxygen atoms in total. The zero-order valence-corrected chi connectivity index (χ0v) is 6.19. The summed E-state index contributed by atoms with van der Waals surface area (Å²) in [6.07, 6.45) is 0. The molecule has 1 N–H and O–H groups in total. The predicted octanol–water partition coefficient (Wildman–Crippen LogP) is 1.65. The third kappa shape index (κ3) is 1.14. The summed E-state index contributed by atoms with van der Waals surface area (Å²) in [7, 11) is 0. The van der Waals surface area contributed by atoms with E-state index in [4.69, 9.17) is 5.73 Å². The zero-order chi connectivity index (χ0) is 8.39. The van der Waals surface area contributed by atoms with Gasteiger partial charge >= 0.3 is 6.01 Å². The summed E-state index contributed by atoms with van der Waals surface area (Å²) in [6, 6.07) is 9.25. The number of rotatable bonds is 1. The molecule has 4 heteroatoms. The second kappa shape index (κ2) is 2.65. The fourth-order valence-electron chi connectivity index (χ4n) is 0.928. The zero-order valence-electron chi connectivity index (χ0n) is 6.19. The van der Waals surface area contributed by atoms with Crippen LogP contribution in [0.15, 0.2) is 34.9 Å². The number of hydrogen-bond acceptors (Lipinski definition) is 3. The molecule has 0 fully saturated rings. The van der Waals surface area contributed by atoms with Gasteiger partial charge in [0.2, 0.25) is 5.82 Å². The molecule has 1 heterocycles. The van der Waals surface area contributed by atoms with Gasteiger partial charge in [0.05, 0.1) is 0 Å². The standard InChI is InChI=1S/C8H6N3O/c9-8-10-7(11-12-8)6-4-2-1-3-5-6/h1-5,9H. The van der Waals surface area contributed by atoms with Crippen LogP contribution in [-0.4, -0.2) is 10.1 Å². The molecule has 0 unspecified atom stereocenters. The number of nitrogens with one attached hydrogen (secondary N) is 1. The Hall–Kier alpha value is -1.84. The van der Waals surface area contributed by atoms with Crippen LogP contribution < -0.4 is 5.73 Å². The highest BCUT2D eigenvalue weighted by atomic mass is 16.5. The molecule has 1 aromatic heterocycles. The molecule has 1 aromatic carbocycles. The van der Waals surface area contributed by atoms with Crippen LogP contribution >= 0.6 is 0 Å². The summed E-state index contributed by atoms with van der Waals surface area (Å²) in [5.41, 5.74) is 7.89. The maximum Gasteiger partial charge on any atom is 0.340 e. The molecule has 59 valence electrons. The molecule has 0 saturated heterocycles. The largest absolute Gasteiger partial charge is 0.340 e. The van der Waals surface area contributed by atoms with E-state index in [2.05, 4.69) is 14.7 Å². The van der Waals surface area contributed by atoms with Crippen molar-refractivity contribution in [2.24, 2.45) is 0 Å². The van der Waals surface area contributed by atoms with Crippen LogP contribution in [0.1, 0.15) is 0 Å². The number of hydrogen-bond donors (Lipinski definition) is 0. The first kappa shape index (κ1) is 6.84. The number of aromatic nitrogens is 2. The van der Waals surface area contributed by atoms with Gasteiger partial charge in [-0.2, -0.15) is 4.98 Å². The molecule has 0 bridgehead atoms. The van der Waals surface area contributed by atoms with E-state index in [1.807, 2.05) is 30.3 Å². The van der Waals surface area contributed by atoms with Crippen LogP contribution in [-0.2, 0) is 0 Å². The van der Waals surface area contributed by atoms with E-state index in [9.17, 15) is 0 Å². The van der Waals surface area contributed by atoms with Gasteiger partial charge in [-0.15, -0.1) is 0 Å². The van der Waals surface area contributed by atoms with Crippen molar-refractivity contribution in [2.45, 2.75) is 0 Å². The number of benzene rings is 1. The van der Waals surface area contributed by atoms with Crippen molar-refractivity contribution >= 4 is 6.01 Å². The van der Waals surface area contributed by atoms with Gasteiger partial charge < -0.3 is 4.52 Å². The second-order valence-electron chi connectivity index (χ2n) is 2.29. The molecule has 0 aliphatic heterocycles. The van der Waals surface area contributed by atoms with E-state index in [-0.39, 0.29) is 6.01 Å². The summed E-state index contributed by atoms with van der Waals surface area (Å²) >= 11 is 0. The Kier molecular flexibility index (Phi) is 1.51. The summed E-state index contributed by atoms with van der Waals surface area (Å²) in [5, 5.41) is 3.61. The van der Waals surface area contributed by atoms with Gasteiger partial charge in [0.1, 0.15) is 0 Å². The van der Waals surface area contributed by atoms with Crippen LogP contribution in [0.2, 0.25) is 0 Å². The Morgan fingerprint density at radius 2 is 1.92 bits per heavy atom. The normalized spacial score (nSPS) is 10.0. The first-order chi connectivity index (χ1) is 5.86. The molecule has 0 aliphatic rings. The molecule has 2 rings (SSSR count). The Labute approximate surface area is 69.0 Å². The van der Waals surface area contributed by atoms with Crippen molar-refractivity contribution in [3.63, 3.8) is 0 Å². The number of nitrogens with zero attached hydrogens (tertiary/aromatic N) is 2. The molecule has 0 spiro atoms. The fourth-order valence-corrected chi connectivity index (χ4v) is 0.928. The molecule has 0 aliphatic carbocycles. The van der Waals surface area contributed by atoms with Gasteiger partial charge in [0.25, 0.3) is 0 Å². The average Bonchev–Trinajstić information content (AvgIpc) is 2.54. The molecule has 0 amide bonds. The van der Waals surface area contributed by atoms with Crippen LogP contribution in [0.25, 0.3) is 11.4 Å². The third-order valence-electron chi connectivity index (χ3n) is 1.46. The monoisotopic (exact) mass is 160 g/mol. The molecule has 0 atom stereocenters. The van der Waals surface area contributed by atoms with Gasteiger partial charge in [-0.1, -0.05) is 35.5 Å². The van der Waals surface area contributed by atoms with E-state index in [1.165, 1.54) is 0 Å². The van der Waals surface area contributed by atoms with Crippen LogP contribution in [0, 0.1) is 0 Å².